The predicted molar refractivity (Wildman–Crippen MR) is 61.6 cm³/mol. The first-order chi connectivity index (χ1) is 8.19. The van der Waals surface area contributed by atoms with Gasteiger partial charge in [0.2, 0.25) is 0 Å². The fourth-order valence-electron chi connectivity index (χ4n) is 2.98. The standard InChI is InChI=1S/C14H15FO2/c1-17-13-3-2-8(7-12(13)15)14(16)11-5-9-4-10(9)6-11/h2-3,7,9-11H,4-6H2,1H3. The summed E-state index contributed by atoms with van der Waals surface area (Å²) in [6, 6.07) is 4.48. The second kappa shape index (κ2) is 3.83. The van der Waals surface area contributed by atoms with Crippen LogP contribution < -0.4 is 4.74 Å². The Balaban J connectivity index is 1.79. The topological polar surface area (TPSA) is 26.3 Å². The molecule has 2 aliphatic carbocycles. The van der Waals surface area contributed by atoms with Crippen LogP contribution in [0.3, 0.4) is 0 Å². The van der Waals surface area contributed by atoms with E-state index in [9.17, 15) is 9.18 Å². The highest BCUT2D eigenvalue weighted by atomic mass is 19.1. The minimum atomic E-state index is -0.457. The molecular formula is C14H15FO2. The second-order valence-corrected chi connectivity index (χ2v) is 5.14. The van der Waals surface area contributed by atoms with Crippen LogP contribution in [0.15, 0.2) is 18.2 Å². The van der Waals surface area contributed by atoms with Crippen molar-refractivity contribution in [3.8, 4) is 5.75 Å². The van der Waals surface area contributed by atoms with Crippen LogP contribution in [0.25, 0.3) is 0 Å². The summed E-state index contributed by atoms with van der Waals surface area (Å²) in [5.41, 5.74) is 0.481. The Bertz CT molecular complexity index is 459. The number of rotatable bonds is 3. The van der Waals surface area contributed by atoms with Crippen molar-refractivity contribution in [2.45, 2.75) is 19.3 Å². The van der Waals surface area contributed by atoms with Crippen LogP contribution in [0.2, 0.25) is 0 Å². The van der Waals surface area contributed by atoms with Crippen molar-refractivity contribution in [3.63, 3.8) is 0 Å². The minimum Gasteiger partial charge on any atom is -0.494 e. The molecule has 0 saturated heterocycles. The molecule has 0 aromatic heterocycles. The van der Waals surface area contributed by atoms with Gasteiger partial charge in [-0.2, -0.15) is 0 Å². The van der Waals surface area contributed by atoms with Gasteiger partial charge in [-0.15, -0.1) is 0 Å². The van der Waals surface area contributed by atoms with Crippen molar-refractivity contribution < 1.29 is 13.9 Å². The van der Waals surface area contributed by atoms with Gasteiger partial charge in [0.1, 0.15) is 0 Å². The number of hydrogen-bond acceptors (Lipinski definition) is 2. The van der Waals surface area contributed by atoms with E-state index in [1.807, 2.05) is 0 Å². The zero-order valence-corrected chi connectivity index (χ0v) is 9.78. The van der Waals surface area contributed by atoms with Gasteiger partial charge in [-0.1, -0.05) is 0 Å². The maximum absolute atomic E-state index is 13.5. The molecule has 3 heteroatoms. The zero-order chi connectivity index (χ0) is 12.0. The van der Waals surface area contributed by atoms with Crippen molar-refractivity contribution in [2.75, 3.05) is 7.11 Å². The van der Waals surface area contributed by atoms with Crippen LogP contribution in [-0.4, -0.2) is 12.9 Å². The quantitative estimate of drug-likeness (QED) is 0.751. The maximum Gasteiger partial charge on any atom is 0.166 e. The Morgan fingerprint density at radius 2 is 2.00 bits per heavy atom. The highest BCUT2D eigenvalue weighted by molar-refractivity contribution is 5.98. The molecule has 2 nitrogen and oxygen atoms in total. The third-order valence-electron chi connectivity index (χ3n) is 4.05. The lowest BCUT2D eigenvalue weighted by atomic mass is 9.93. The lowest BCUT2D eigenvalue weighted by Gasteiger charge is -2.11. The van der Waals surface area contributed by atoms with E-state index in [0.29, 0.717) is 5.56 Å². The molecule has 1 aromatic carbocycles. The van der Waals surface area contributed by atoms with Crippen LogP contribution in [0.4, 0.5) is 4.39 Å². The first-order valence-corrected chi connectivity index (χ1v) is 6.07. The van der Waals surface area contributed by atoms with Crippen LogP contribution in [-0.2, 0) is 0 Å². The van der Waals surface area contributed by atoms with E-state index < -0.39 is 5.82 Å². The summed E-state index contributed by atoms with van der Waals surface area (Å²) in [7, 11) is 1.42. The zero-order valence-electron chi connectivity index (χ0n) is 9.78. The maximum atomic E-state index is 13.5. The number of ether oxygens (including phenoxy) is 1. The molecule has 2 aliphatic rings. The average Bonchev–Trinajstić information content (AvgIpc) is 2.95. The van der Waals surface area contributed by atoms with E-state index in [4.69, 9.17) is 4.74 Å². The monoisotopic (exact) mass is 234 g/mol. The molecular weight excluding hydrogens is 219 g/mol. The van der Waals surface area contributed by atoms with E-state index in [-0.39, 0.29) is 17.5 Å². The van der Waals surface area contributed by atoms with Gasteiger partial charge in [-0.25, -0.2) is 4.39 Å². The number of hydrogen-bond donors (Lipinski definition) is 0. The molecule has 0 radical (unpaired) electrons. The summed E-state index contributed by atoms with van der Waals surface area (Å²) in [4.78, 5) is 12.2. The largest absolute Gasteiger partial charge is 0.494 e. The second-order valence-electron chi connectivity index (χ2n) is 5.14. The first kappa shape index (κ1) is 10.8. The molecule has 0 heterocycles. The van der Waals surface area contributed by atoms with E-state index in [0.717, 1.165) is 24.7 Å². The van der Waals surface area contributed by atoms with E-state index >= 15 is 0 Å². The fourth-order valence-corrected chi connectivity index (χ4v) is 2.98. The van der Waals surface area contributed by atoms with Crippen molar-refractivity contribution in [1.82, 2.24) is 0 Å². The number of ketones is 1. The average molecular weight is 234 g/mol. The van der Waals surface area contributed by atoms with Gasteiger partial charge in [0.25, 0.3) is 0 Å². The molecule has 3 rings (SSSR count). The highest BCUT2D eigenvalue weighted by Gasteiger charge is 2.47. The van der Waals surface area contributed by atoms with Gasteiger partial charge in [-0.05, 0) is 49.3 Å². The molecule has 0 spiro atoms. The third-order valence-corrected chi connectivity index (χ3v) is 4.05. The molecule has 1 aromatic rings. The number of fused-ring (bicyclic) bond motifs is 1. The van der Waals surface area contributed by atoms with Gasteiger partial charge < -0.3 is 4.74 Å². The molecule has 2 fully saturated rings. The summed E-state index contributed by atoms with van der Waals surface area (Å²) in [5.74, 6) is 1.49. The summed E-state index contributed by atoms with van der Waals surface area (Å²) in [5, 5.41) is 0. The predicted octanol–water partition coefficient (Wildman–Crippen LogP) is 3.06. The van der Waals surface area contributed by atoms with Gasteiger partial charge >= 0.3 is 0 Å². The number of halogens is 1. The Labute approximate surface area is 99.8 Å². The summed E-state index contributed by atoms with van der Waals surface area (Å²) >= 11 is 0. The van der Waals surface area contributed by atoms with Crippen molar-refractivity contribution in [2.24, 2.45) is 17.8 Å². The molecule has 2 saturated carbocycles. The van der Waals surface area contributed by atoms with Gasteiger partial charge in [-0.3, -0.25) is 4.79 Å². The molecule has 2 atom stereocenters. The number of Topliss-reactive ketones (excluding diaryl/α,β-unsaturated/α-hetero) is 1. The Morgan fingerprint density at radius 1 is 1.29 bits per heavy atom. The molecule has 2 unspecified atom stereocenters. The van der Waals surface area contributed by atoms with Crippen molar-refractivity contribution >= 4 is 5.78 Å². The van der Waals surface area contributed by atoms with Gasteiger partial charge in [0, 0.05) is 11.5 Å². The lowest BCUT2D eigenvalue weighted by molar-refractivity contribution is 0.0914. The van der Waals surface area contributed by atoms with E-state index in [1.54, 1.807) is 6.07 Å². The Morgan fingerprint density at radius 3 is 2.59 bits per heavy atom. The molecule has 17 heavy (non-hydrogen) atoms. The Kier molecular flexibility index (Phi) is 2.42. The van der Waals surface area contributed by atoms with Crippen LogP contribution >= 0.6 is 0 Å². The van der Waals surface area contributed by atoms with Crippen molar-refractivity contribution in [1.29, 1.82) is 0 Å². The summed E-state index contributed by atoms with van der Waals surface area (Å²) in [6.45, 7) is 0. The number of benzene rings is 1. The molecule has 0 amide bonds. The molecule has 90 valence electrons. The third kappa shape index (κ3) is 1.84. The normalized spacial score (nSPS) is 29.9. The highest BCUT2D eigenvalue weighted by Crippen LogP contribution is 2.54. The summed E-state index contributed by atoms with van der Waals surface area (Å²) < 4.78 is 18.3. The van der Waals surface area contributed by atoms with Crippen molar-refractivity contribution in [3.05, 3.63) is 29.6 Å². The minimum absolute atomic E-state index is 0.0961. The van der Waals surface area contributed by atoms with Crippen LogP contribution in [0.5, 0.6) is 5.75 Å². The molecule has 0 aliphatic heterocycles. The lowest BCUT2D eigenvalue weighted by Crippen LogP contribution is -2.13. The van der Waals surface area contributed by atoms with Gasteiger partial charge in [0.15, 0.2) is 17.3 Å². The number of methoxy groups -OCH3 is 1. The molecule has 0 bridgehead atoms. The van der Waals surface area contributed by atoms with Gasteiger partial charge in [0.05, 0.1) is 7.11 Å². The molecule has 0 N–H and O–H groups in total. The number of carbonyl (C=O) groups is 1. The van der Waals surface area contributed by atoms with E-state index in [2.05, 4.69) is 0 Å². The fraction of sp³-hybridized carbons (Fsp3) is 0.500. The summed E-state index contributed by atoms with van der Waals surface area (Å²) in [6.07, 6.45) is 3.29. The Hall–Kier alpha value is -1.38. The van der Waals surface area contributed by atoms with Crippen LogP contribution in [0, 0.1) is 23.6 Å². The first-order valence-electron chi connectivity index (χ1n) is 6.07. The SMILES string of the molecule is COc1ccc(C(=O)C2CC3CC3C2)cc1F. The smallest absolute Gasteiger partial charge is 0.166 e. The number of carbonyl (C=O) groups excluding carboxylic acids is 1. The van der Waals surface area contributed by atoms with Crippen LogP contribution in [0.1, 0.15) is 29.6 Å². The van der Waals surface area contributed by atoms with E-state index in [1.165, 1.54) is 25.7 Å².